The Balaban J connectivity index is 2.68. The van der Waals surface area contributed by atoms with Gasteiger partial charge in [-0.3, -0.25) is 4.79 Å². The van der Waals surface area contributed by atoms with Crippen molar-refractivity contribution in [2.75, 3.05) is 5.75 Å². The fourth-order valence-electron chi connectivity index (χ4n) is 0.955. The molecule has 1 aromatic rings. The standard InChI is InChI=1S/C9H16N4O2S/c1-9(2,7(14)15)5-16-8-12-11-6(4-10)13(8)3/h4-5,10H2,1-3H3,(H,14,15). The lowest BCUT2D eigenvalue weighted by Crippen LogP contribution is -2.26. The second-order valence-corrected chi connectivity index (χ2v) is 5.08. The number of carbonyl (C=O) groups is 1. The van der Waals surface area contributed by atoms with E-state index in [0.29, 0.717) is 23.3 Å². The Labute approximate surface area is 98.2 Å². The van der Waals surface area contributed by atoms with Crippen LogP contribution in [0.15, 0.2) is 5.16 Å². The maximum absolute atomic E-state index is 10.9. The number of thioether (sulfide) groups is 1. The molecule has 7 heteroatoms. The summed E-state index contributed by atoms with van der Waals surface area (Å²) in [7, 11) is 1.82. The van der Waals surface area contributed by atoms with Crippen molar-refractivity contribution in [3.8, 4) is 0 Å². The molecule has 0 radical (unpaired) electrons. The second-order valence-electron chi connectivity index (χ2n) is 4.14. The van der Waals surface area contributed by atoms with E-state index in [9.17, 15) is 4.79 Å². The number of carboxylic acids is 1. The molecule has 0 fully saturated rings. The molecule has 3 N–H and O–H groups in total. The molecule has 0 unspecified atom stereocenters. The molecule has 1 aromatic heterocycles. The number of rotatable bonds is 5. The van der Waals surface area contributed by atoms with Gasteiger partial charge in [0.15, 0.2) is 5.16 Å². The predicted octanol–water partition coefficient (Wildman–Crippen LogP) is 0.477. The third kappa shape index (κ3) is 2.73. The van der Waals surface area contributed by atoms with Gasteiger partial charge in [0.1, 0.15) is 5.82 Å². The van der Waals surface area contributed by atoms with E-state index in [1.54, 1.807) is 18.4 Å². The Morgan fingerprint density at radius 2 is 2.19 bits per heavy atom. The van der Waals surface area contributed by atoms with Gasteiger partial charge in [0, 0.05) is 12.8 Å². The molecule has 0 atom stereocenters. The van der Waals surface area contributed by atoms with Crippen LogP contribution in [0.25, 0.3) is 0 Å². The highest BCUT2D eigenvalue weighted by molar-refractivity contribution is 7.99. The quantitative estimate of drug-likeness (QED) is 0.731. The van der Waals surface area contributed by atoms with Crippen molar-refractivity contribution in [2.45, 2.75) is 25.5 Å². The maximum atomic E-state index is 10.9. The first-order valence-electron chi connectivity index (χ1n) is 4.83. The molecule has 0 aromatic carbocycles. The molecular formula is C9H16N4O2S. The number of hydrogen-bond acceptors (Lipinski definition) is 5. The van der Waals surface area contributed by atoms with Gasteiger partial charge >= 0.3 is 5.97 Å². The predicted molar refractivity (Wildman–Crippen MR) is 61.0 cm³/mol. The number of hydrogen-bond donors (Lipinski definition) is 2. The molecule has 0 aliphatic heterocycles. The number of carboxylic acid groups (broad SMARTS) is 1. The van der Waals surface area contributed by atoms with Crippen molar-refractivity contribution >= 4 is 17.7 Å². The van der Waals surface area contributed by atoms with Crippen LogP contribution in [0, 0.1) is 5.41 Å². The molecule has 0 saturated carbocycles. The van der Waals surface area contributed by atoms with Crippen LogP contribution in [-0.4, -0.2) is 31.6 Å². The van der Waals surface area contributed by atoms with Crippen molar-refractivity contribution in [1.82, 2.24) is 14.8 Å². The molecule has 0 aliphatic rings. The minimum atomic E-state index is -0.818. The zero-order valence-electron chi connectivity index (χ0n) is 9.60. The second kappa shape index (κ2) is 4.84. The molecule has 0 aliphatic carbocycles. The largest absolute Gasteiger partial charge is 0.481 e. The average molecular weight is 244 g/mol. The topological polar surface area (TPSA) is 94.0 Å². The van der Waals surface area contributed by atoms with Gasteiger partial charge in [0.2, 0.25) is 0 Å². The van der Waals surface area contributed by atoms with Crippen LogP contribution in [0.3, 0.4) is 0 Å². The van der Waals surface area contributed by atoms with E-state index in [1.165, 1.54) is 11.8 Å². The van der Waals surface area contributed by atoms with Crippen molar-refractivity contribution in [1.29, 1.82) is 0 Å². The van der Waals surface area contributed by atoms with E-state index < -0.39 is 11.4 Å². The highest BCUT2D eigenvalue weighted by atomic mass is 32.2. The third-order valence-electron chi connectivity index (χ3n) is 2.25. The van der Waals surface area contributed by atoms with E-state index >= 15 is 0 Å². The van der Waals surface area contributed by atoms with Crippen molar-refractivity contribution in [2.24, 2.45) is 18.2 Å². The van der Waals surface area contributed by atoms with Gasteiger partial charge in [0.25, 0.3) is 0 Å². The van der Waals surface area contributed by atoms with Crippen molar-refractivity contribution < 1.29 is 9.90 Å². The van der Waals surface area contributed by atoms with Gasteiger partial charge in [-0.25, -0.2) is 0 Å². The molecule has 0 amide bonds. The Morgan fingerprint density at radius 3 is 2.62 bits per heavy atom. The minimum Gasteiger partial charge on any atom is -0.481 e. The van der Waals surface area contributed by atoms with Crippen LogP contribution < -0.4 is 5.73 Å². The molecule has 16 heavy (non-hydrogen) atoms. The minimum absolute atomic E-state index is 0.326. The first kappa shape index (κ1) is 13.0. The molecule has 1 rings (SSSR count). The van der Waals surface area contributed by atoms with Crippen LogP contribution in [0.4, 0.5) is 0 Å². The SMILES string of the molecule is Cn1c(CN)nnc1SCC(C)(C)C(=O)O. The average Bonchev–Trinajstić information content (AvgIpc) is 2.56. The van der Waals surface area contributed by atoms with Gasteiger partial charge in [-0.15, -0.1) is 10.2 Å². The van der Waals surface area contributed by atoms with Crippen molar-refractivity contribution in [3.63, 3.8) is 0 Å². The first-order chi connectivity index (χ1) is 7.38. The summed E-state index contributed by atoms with van der Waals surface area (Å²) in [6.07, 6.45) is 0. The number of nitrogens with zero attached hydrogens (tertiary/aromatic N) is 3. The normalized spacial score (nSPS) is 11.8. The third-order valence-corrected chi connectivity index (χ3v) is 3.73. The summed E-state index contributed by atoms with van der Waals surface area (Å²) in [5, 5.41) is 17.5. The smallest absolute Gasteiger partial charge is 0.309 e. The number of nitrogens with two attached hydrogens (primary N) is 1. The van der Waals surface area contributed by atoms with Gasteiger partial charge < -0.3 is 15.4 Å². The van der Waals surface area contributed by atoms with Gasteiger partial charge in [0.05, 0.1) is 12.0 Å². The Morgan fingerprint density at radius 1 is 1.56 bits per heavy atom. The molecule has 1 heterocycles. The van der Waals surface area contributed by atoms with Gasteiger partial charge in [-0.1, -0.05) is 11.8 Å². The summed E-state index contributed by atoms with van der Waals surface area (Å²) in [6.45, 7) is 3.69. The fourth-order valence-corrected chi connectivity index (χ4v) is 1.97. The maximum Gasteiger partial charge on any atom is 0.309 e. The molecule has 0 bridgehead atoms. The summed E-state index contributed by atoms with van der Waals surface area (Å²) in [6, 6.07) is 0. The molecule has 0 saturated heterocycles. The van der Waals surface area contributed by atoms with Crippen LogP contribution >= 0.6 is 11.8 Å². The zero-order valence-corrected chi connectivity index (χ0v) is 10.4. The zero-order chi connectivity index (χ0) is 12.3. The van der Waals surface area contributed by atoms with Crippen LogP contribution in [-0.2, 0) is 18.4 Å². The van der Waals surface area contributed by atoms with E-state index in [4.69, 9.17) is 10.8 Å². The Bertz CT molecular complexity index is 389. The van der Waals surface area contributed by atoms with Gasteiger partial charge in [-0.05, 0) is 13.8 Å². The van der Waals surface area contributed by atoms with E-state index in [2.05, 4.69) is 10.2 Å². The van der Waals surface area contributed by atoms with Crippen LogP contribution in [0.5, 0.6) is 0 Å². The van der Waals surface area contributed by atoms with E-state index in [1.807, 2.05) is 7.05 Å². The molecule has 6 nitrogen and oxygen atoms in total. The van der Waals surface area contributed by atoms with Crippen LogP contribution in [0.2, 0.25) is 0 Å². The molecule has 0 spiro atoms. The summed E-state index contributed by atoms with van der Waals surface area (Å²) < 4.78 is 1.78. The monoisotopic (exact) mass is 244 g/mol. The number of aliphatic carboxylic acids is 1. The number of aromatic nitrogens is 3. The van der Waals surface area contributed by atoms with E-state index in [0.717, 1.165) is 0 Å². The molecule has 90 valence electrons. The summed E-state index contributed by atoms with van der Waals surface area (Å²) in [5.74, 6) is 0.315. The van der Waals surface area contributed by atoms with Gasteiger partial charge in [-0.2, -0.15) is 0 Å². The summed E-state index contributed by atoms with van der Waals surface area (Å²) in [4.78, 5) is 10.9. The lowest BCUT2D eigenvalue weighted by atomic mass is 9.97. The first-order valence-corrected chi connectivity index (χ1v) is 5.81. The Hall–Kier alpha value is -1.08. The van der Waals surface area contributed by atoms with Crippen LogP contribution in [0.1, 0.15) is 19.7 Å². The van der Waals surface area contributed by atoms with Crippen molar-refractivity contribution in [3.05, 3.63) is 5.82 Å². The highest BCUT2D eigenvalue weighted by Gasteiger charge is 2.28. The lowest BCUT2D eigenvalue weighted by Gasteiger charge is -2.17. The summed E-state index contributed by atoms with van der Waals surface area (Å²) >= 11 is 1.37. The Kier molecular flexibility index (Phi) is 3.93. The highest BCUT2D eigenvalue weighted by Crippen LogP contribution is 2.26. The lowest BCUT2D eigenvalue weighted by molar-refractivity contribution is -0.145. The molecular weight excluding hydrogens is 228 g/mol. The van der Waals surface area contributed by atoms with E-state index in [-0.39, 0.29) is 0 Å². The fraction of sp³-hybridized carbons (Fsp3) is 0.667. The summed E-state index contributed by atoms with van der Waals surface area (Å²) in [5.41, 5.74) is 4.69.